The molecule has 0 saturated heterocycles. The summed E-state index contributed by atoms with van der Waals surface area (Å²) in [5.74, 6) is 0. The summed E-state index contributed by atoms with van der Waals surface area (Å²) in [6.07, 6.45) is 1.35. The summed E-state index contributed by atoms with van der Waals surface area (Å²) < 4.78 is 0. The maximum atomic E-state index is 3.44. The lowest BCUT2D eigenvalue weighted by molar-refractivity contribution is 0.839. The summed E-state index contributed by atoms with van der Waals surface area (Å²) in [5.41, 5.74) is 0.981. The van der Waals surface area contributed by atoms with Crippen LogP contribution in [-0.2, 0) is 0 Å². The molecule has 0 spiro atoms. The average Bonchev–Trinajstić information content (AvgIpc) is 1.83. The largest absolute Gasteiger partial charge is 0.342 e. The van der Waals surface area contributed by atoms with Gasteiger partial charge in [-0.3, -0.25) is 0 Å². The van der Waals surface area contributed by atoms with Gasteiger partial charge in [-0.25, -0.2) is 0 Å². The van der Waals surface area contributed by atoms with Gasteiger partial charge in [0, 0.05) is 0 Å². The summed E-state index contributed by atoms with van der Waals surface area (Å²) in [6.45, 7) is 7.93. The Balaban J connectivity index is 2.86. The molecule has 1 unspecified atom stereocenters. The Morgan fingerprint density at radius 2 is 2.12 bits per heavy atom. The molecule has 0 heterocycles. The Morgan fingerprint density at radius 3 is 2.50 bits per heavy atom. The Kier molecular flexibility index (Phi) is 5.43. The predicted octanol–water partition coefficient (Wildman–Crippen LogP) is 0.898. The highest BCUT2D eigenvalue weighted by atomic mass is 28.2. The monoisotopic (exact) mass is 131 g/mol. The van der Waals surface area contributed by atoms with E-state index in [4.69, 9.17) is 0 Å². The van der Waals surface area contributed by atoms with Crippen molar-refractivity contribution in [1.29, 1.82) is 0 Å². The fourth-order valence-corrected chi connectivity index (χ4v) is 1.61. The zero-order valence-electron chi connectivity index (χ0n) is 6.20. The predicted molar refractivity (Wildman–Crippen MR) is 41.9 cm³/mol. The van der Waals surface area contributed by atoms with E-state index in [0.717, 1.165) is 12.1 Å². The van der Waals surface area contributed by atoms with E-state index in [9.17, 15) is 0 Å². The lowest BCUT2D eigenvalue weighted by atomic mass is 10.4. The van der Waals surface area contributed by atoms with Crippen LogP contribution in [0.3, 0.4) is 0 Å². The minimum absolute atomic E-state index is 0.0856. The third-order valence-corrected chi connectivity index (χ3v) is 3.50. The van der Waals surface area contributed by atoms with Crippen molar-refractivity contribution in [3.05, 3.63) is 0 Å². The Morgan fingerprint density at radius 1 is 1.50 bits per heavy atom. The summed E-state index contributed by atoms with van der Waals surface area (Å²) >= 11 is 0. The van der Waals surface area contributed by atoms with Crippen molar-refractivity contribution < 1.29 is 0 Å². The molecular formula is C6H17NSi. The fourth-order valence-electron chi connectivity index (χ4n) is 0.535. The first-order valence-corrected chi connectivity index (χ1v) is 5.04. The van der Waals surface area contributed by atoms with E-state index in [-0.39, 0.29) is 9.68 Å². The third kappa shape index (κ3) is 4.34. The van der Waals surface area contributed by atoms with Crippen LogP contribution in [0.15, 0.2) is 0 Å². The quantitative estimate of drug-likeness (QED) is 0.559. The molecule has 1 nitrogen and oxygen atoms in total. The van der Waals surface area contributed by atoms with Gasteiger partial charge in [-0.2, -0.15) is 0 Å². The molecule has 0 aromatic carbocycles. The minimum atomic E-state index is 0.0856. The Hall–Kier alpha value is 0.177. The van der Waals surface area contributed by atoms with Gasteiger partial charge >= 0.3 is 0 Å². The molecule has 0 saturated carbocycles. The first-order chi connectivity index (χ1) is 3.81. The first-order valence-electron chi connectivity index (χ1n) is 3.52. The van der Waals surface area contributed by atoms with Crippen LogP contribution < -0.4 is 4.98 Å². The molecule has 0 aromatic rings. The van der Waals surface area contributed by atoms with Crippen LogP contribution in [0.4, 0.5) is 0 Å². The zero-order chi connectivity index (χ0) is 6.41. The number of nitrogens with one attached hydrogen (secondary N) is 1. The molecule has 0 aliphatic carbocycles. The molecule has 0 bridgehead atoms. The maximum absolute atomic E-state index is 3.44. The molecule has 2 heteroatoms. The van der Waals surface area contributed by atoms with Gasteiger partial charge in [0.25, 0.3) is 0 Å². The van der Waals surface area contributed by atoms with Crippen LogP contribution in [0.5, 0.6) is 0 Å². The number of rotatable bonds is 4. The smallest absolute Gasteiger partial charge is 0.0944 e. The summed E-state index contributed by atoms with van der Waals surface area (Å²) in [5, 5.41) is 0. The molecule has 0 aromatic heterocycles. The third-order valence-electron chi connectivity index (χ3n) is 1.44. The van der Waals surface area contributed by atoms with Crippen LogP contribution in [0.1, 0.15) is 27.2 Å². The SMILES string of the molecule is CCN[SiH2]C(C)CC. The van der Waals surface area contributed by atoms with E-state index in [1.807, 2.05) is 0 Å². The van der Waals surface area contributed by atoms with Gasteiger partial charge in [-0.15, -0.1) is 0 Å². The summed E-state index contributed by atoms with van der Waals surface area (Å²) in [7, 11) is 0.0856. The van der Waals surface area contributed by atoms with Crippen molar-refractivity contribution in [3.63, 3.8) is 0 Å². The first kappa shape index (κ1) is 8.18. The highest BCUT2D eigenvalue weighted by Crippen LogP contribution is 2.02. The van der Waals surface area contributed by atoms with Crippen LogP contribution in [0, 0.1) is 0 Å². The molecule has 0 rings (SSSR count). The summed E-state index contributed by atoms with van der Waals surface area (Å²) in [4.78, 5) is 3.44. The molecule has 0 aliphatic rings. The molecular weight excluding hydrogens is 114 g/mol. The average molecular weight is 131 g/mol. The fraction of sp³-hybridized carbons (Fsp3) is 1.00. The molecule has 8 heavy (non-hydrogen) atoms. The van der Waals surface area contributed by atoms with E-state index in [1.54, 1.807) is 0 Å². The van der Waals surface area contributed by atoms with Crippen LogP contribution in [0.25, 0.3) is 0 Å². The summed E-state index contributed by atoms with van der Waals surface area (Å²) in [6, 6.07) is 0. The highest BCUT2D eigenvalue weighted by Gasteiger charge is 1.95. The van der Waals surface area contributed by atoms with E-state index < -0.39 is 0 Å². The maximum Gasteiger partial charge on any atom is 0.0944 e. The molecule has 0 aliphatic heterocycles. The molecule has 0 fully saturated rings. The molecule has 0 radical (unpaired) electrons. The van der Waals surface area contributed by atoms with Gasteiger partial charge in [-0.05, 0) is 12.1 Å². The topological polar surface area (TPSA) is 12.0 Å². The van der Waals surface area contributed by atoms with Gasteiger partial charge in [0.15, 0.2) is 0 Å². The second kappa shape index (κ2) is 5.32. The molecule has 1 atom stereocenters. The van der Waals surface area contributed by atoms with Gasteiger partial charge in [0.05, 0.1) is 9.68 Å². The second-order valence-electron chi connectivity index (χ2n) is 2.32. The molecule has 1 N–H and O–H groups in total. The Labute approximate surface area is 54.8 Å². The van der Waals surface area contributed by atoms with E-state index >= 15 is 0 Å². The number of hydrogen-bond donors (Lipinski definition) is 1. The highest BCUT2D eigenvalue weighted by molar-refractivity contribution is 6.34. The lowest BCUT2D eigenvalue weighted by Gasteiger charge is -2.05. The van der Waals surface area contributed by atoms with Crippen molar-refractivity contribution >= 4 is 9.68 Å². The van der Waals surface area contributed by atoms with Crippen molar-refractivity contribution in [2.75, 3.05) is 6.54 Å². The van der Waals surface area contributed by atoms with Crippen molar-refractivity contribution in [1.82, 2.24) is 4.98 Å². The molecule has 50 valence electrons. The van der Waals surface area contributed by atoms with Gasteiger partial charge in [0.2, 0.25) is 0 Å². The van der Waals surface area contributed by atoms with Crippen LogP contribution in [-0.4, -0.2) is 16.2 Å². The van der Waals surface area contributed by atoms with Crippen molar-refractivity contribution in [3.8, 4) is 0 Å². The van der Waals surface area contributed by atoms with E-state index in [2.05, 4.69) is 25.8 Å². The number of hydrogen-bond acceptors (Lipinski definition) is 1. The normalized spacial score (nSPS) is 15.4. The van der Waals surface area contributed by atoms with Crippen LogP contribution in [0.2, 0.25) is 5.54 Å². The lowest BCUT2D eigenvalue weighted by Crippen LogP contribution is -2.21. The molecule has 0 amide bonds. The van der Waals surface area contributed by atoms with Gasteiger partial charge in [0.1, 0.15) is 0 Å². The zero-order valence-corrected chi connectivity index (χ0v) is 7.61. The minimum Gasteiger partial charge on any atom is -0.342 e. The van der Waals surface area contributed by atoms with E-state index in [0.29, 0.717) is 0 Å². The van der Waals surface area contributed by atoms with Gasteiger partial charge < -0.3 is 4.98 Å². The second-order valence-corrected chi connectivity index (χ2v) is 4.62. The van der Waals surface area contributed by atoms with Gasteiger partial charge in [-0.1, -0.05) is 27.2 Å². The van der Waals surface area contributed by atoms with Crippen molar-refractivity contribution in [2.24, 2.45) is 0 Å². The van der Waals surface area contributed by atoms with Crippen LogP contribution >= 0.6 is 0 Å². The van der Waals surface area contributed by atoms with Crippen molar-refractivity contribution in [2.45, 2.75) is 32.7 Å². The standard InChI is InChI=1S/C6H17NSi/c1-4-6(3)8-7-5-2/h6-7H,4-5,8H2,1-3H3. The Bertz CT molecular complexity index is 47.8. The van der Waals surface area contributed by atoms with E-state index in [1.165, 1.54) is 6.42 Å².